The van der Waals surface area contributed by atoms with E-state index in [1.165, 1.54) is 7.11 Å². The highest BCUT2D eigenvalue weighted by Crippen LogP contribution is 2.27. The molecule has 0 saturated heterocycles. The number of methoxy groups -OCH3 is 1. The number of hydrogen-bond acceptors (Lipinski definition) is 4. The van der Waals surface area contributed by atoms with Gasteiger partial charge in [-0.2, -0.15) is 0 Å². The Balaban J connectivity index is 1.95. The maximum absolute atomic E-state index is 13.5. The van der Waals surface area contributed by atoms with E-state index in [0.29, 0.717) is 22.5 Å². The van der Waals surface area contributed by atoms with E-state index in [1.54, 1.807) is 22.8 Å². The molecule has 31 heavy (non-hydrogen) atoms. The van der Waals surface area contributed by atoms with Gasteiger partial charge in [0, 0.05) is 3.57 Å². The fourth-order valence-electron chi connectivity index (χ4n) is 3.54. The SMILES string of the molecule is COc1cc(/C=C/c2nc3ccc(I)cc3c(=O)n2-c2ccc(C)cc2C)ccc1O. The quantitative estimate of drug-likeness (QED) is 0.359. The van der Waals surface area contributed by atoms with Gasteiger partial charge in [-0.15, -0.1) is 0 Å². The number of aromatic hydroxyl groups is 1. The van der Waals surface area contributed by atoms with Crippen LogP contribution in [0.25, 0.3) is 28.7 Å². The first-order valence-corrected chi connectivity index (χ1v) is 10.8. The van der Waals surface area contributed by atoms with Crippen LogP contribution in [-0.2, 0) is 0 Å². The second kappa shape index (κ2) is 8.55. The molecule has 0 bridgehead atoms. The molecule has 4 aromatic rings. The van der Waals surface area contributed by atoms with Gasteiger partial charge < -0.3 is 9.84 Å². The van der Waals surface area contributed by atoms with Crippen LogP contribution >= 0.6 is 22.6 Å². The van der Waals surface area contributed by atoms with Gasteiger partial charge in [-0.1, -0.05) is 29.8 Å². The number of halogens is 1. The van der Waals surface area contributed by atoms with Crippen LogP contribution in [-0.4, -0.2) is 21.8 Å². The molecule has 6 heteroatoms. The summed E-state index contributed by atoms with van der Waals surface area (Å²) in [5, 5.41) is 10.4. The van der Waals surface area contributed by atoms with Gasteiger partial charge in [0.1, 0.15) is 5.82 Å². The summed E-state index contributed by atoms with van der Waals surface area (Å²) < 4.78 is 7.83. The van der Waals surface area contributed by atoms with Crippen LogP contribution in [0.3, 0.4) is 0 Å². The third-order valence-electron chi connectivity index (χ3n) is 5.08. The number of phenols is 1. The molecule has 0 atom stereocenters. The van der Waals surface area contributed by atoms with Crippen LogP contribution in [0.4, 0.5) is 0 Å². The zero-order chi connectivity index (χ0) is 22.1. The van der Waals surface area contributed by atoms with Crippen molar-refractivity contribution in [1.82, 2.24) is 9.55 Å². The van der Waals surface area contributed by atoms with Crippen molar-refractivity contribution in [2.75, 3.05) is 7.11 Å². The van der Waals surface area contributed by atoms with E-state index in [2.05, 4.69) is 28.7 Å². The number of rotatable bonds is 4. The van der Waals surface area contributed by atoms with Crippen LogP contribution in [0.1, 0.15) is 22.5 Å². The summed E-state index contributed by atoms with van der Waals surface area (Å²) in [5.74, 6) is 0.984. The summed E-state index contributed by atoms with van der Waals surface area (Å²) in [5.41, 5.74) is 4.28. The molecule has 1 N–H and O–H groups in total. The predicted octanol–water partition coefficient (Wildman–Crippen LogP) is 5.49. The molecule has 156 valence electrons. The lowest BCUT2D eigenvalue weighted by Gasteiger charge is -2.14. The Kier molecular flexibility index (Phi) is 5.82. The Morgan fingerprint density at radius 3 is 2.58 bits per heavy atom. The van der Waals surface area contributed by atoms with Crippen LogP contribution in [0, 0.1) is 17.4 Å². The van der Waals surface area contributed by atoms with Gasteiger partial charge in [-0.3, -0.25) is 9.36 Å². The smallest absolute Gasteiger partial charge is 0.266 e. The number of benzene rings is 3. The largest absolute Gasteiger partial charge is 0.504 e. The third kappa shape index (κ3) is 4.20. The summed E-state index contributed by atoms with van der Waals surface area (Å²) in [6.45, 7) is 4.02. The Morgan fingerprint density at radius 2 is 1.84 bits per heavy atom. The van der Waals surface area contributed by atoms with Crippen molar-refractivity contribution in [2.45, 2.75) is 13.8 Å². The molecule has 5 nitrogen and oxygen atoms in total. The van der Waals surface area contributed by atoms with Crippen LogP contribution in [0.5, 0.6) is 11.5 Å². The average molecular weight is 524 g/mol. The summed E-state index contributed by atoms with van der Waals surface area (Å²) in [6, 6.07) is 16.8. The Labute approximate surface area is 193 Å². The molecule has 0 fully saturated rings. The zero-order valence-corrected chi connectivity index (χ0v) is 19.5. The lowest BCUT2D eigenvalue weighted by atomic mass is 10.1. The summed E-state index contributed by atoms with van der Waals surface area (Å²) >= 11 is 2.20. The van der Waals surface area contributed by atoms with Crippen LogP contribution < -0.4 is 10.3 Å². The minimum Gasteiger partial charge on any atom is -0.504 e. The topological polar surface area (TPSA) is 64.3 Å². The van der Waals surface area contributed by atoms with Gasteiger partial charge in [0.2, 0.25) is 0 Å². The van der Waals surface area contributed by atoms with E-state index in [1.807, 2.05) is 56.3 Å². The fourth-order valence-corrected chi connectivity index (χ4v) is 4.04. The van der Waals surface area contributed by atoms with Crippen molar-refractivity contribution < 1.29 is 9.84 Å². The predicted molar refractivity (Wildman–Crippen MR) is 133 cm³/mol. The van der Waals surface area contributed by atoms with Gasteiger partial charge in [0.05, 0.1) is 23.7 Å². The second-order valence-electron chi connectivity index (χ2n) is 7.33. The number of ether oxygens (including phenoxy) is 1. The molecule has 4 rings (SSSR count). The lowest BCUT2D eigenvalue weighted by Crippen LogP contribution is -2.23. The average Bonchev–Trinajstić information content (AvgIpc) is 2.74. The lowest BCUT2D eigenvalue weighted by molar-refractivity contribution is 0.373. The van der Waals surface area contributed by atoms with Crippen molar-refractivity contribution in [2.24, 2.45) is 0 Å². The molecule has 0 radical (unpaired) electrons. The maximum atomic E-state index is 13.5. The maximum Gasteiger partial charge on any atom is 0.266 e. The third-order valence-corrected chi connectivity index (χ3v) is 5.75. The Morgan fingerprint density at radius 1 is 1.03 bits per heavy atom. The van der Waals surface area contributed by atoms with Gasteiger partial charge in [0.15, 0.2) is 11.5 Å². The first-order valence-electron chi connectivity index (χ1n) is 9.72. The van der Waals surface area contributed by atoms with Gasteiger partial charge >= 0.3 is 0 Å². The number of nitrogens with zero attached hydrogens (tertiary/aromatic N) is 2. The second-order valence-corrected chi connectivity index (χ2v) is 8.57. The normalized spacial score (nSPS) is 11.4. The van der Waals surface area contributed by atoms with Crippen molar-refractivity contribution in [3.8, 4) is 17.2 Å². The van der Waals surface area contributed by atoms with E-state index in [0.717, 1.165) is 25.9 Å². The highest BCUT2D eigenvalue weighted by atomic mass is 127. The molecular weight excluding hydrogens is 503 g/mol. The molecule has 3 aromatic carbocycles. The highest BCUT2D eigenvalue weighted by Gasteiger charge is 2.13. The van der Waals surface area contributed by atoms with Crippen molar-refractivity contribution in [3.63, 3.8) is 0 Å². The molecule has 0 aliphatic rings. The van der Waals surface area contributed by atoms with Crippen molar-refractivity contribution in [3.05, 3.63) is 91.0 Å². The number of phenolic OH excluding ortho intramolecular Hbond substituents is 1. The molecule has 0 spiro atoms. The standard InChI is InChI=1S/C25H21IN2O3/c1-15-4-9-21(16(2)12-15)28-24(11-6-17-5-10-22(29)23(13-17)31-3)27-20-8-7-18(26)14-19(20)25(28)30/h4-14,29H,1-3H3/b11-6+. The van der Waals surface area contributed by atoms with E-state index < -0.39 is 0 Å². The van der Waals surface area contributed by atoms with Crippen LogP contribution in [0.15, 0.2) is 59.4 Å². The molecule has 1 heterocycles. The van der Waals surface area contributed by atoms with Crippen molar-refractivity contribution >= 4 is 45.6 Å². The minimum absolute atomic E-state index is 0.0743. The minimum atomic E-state index is -0.113. The van der Waals surface area contributed by atoms with Gasteiger partial charge in [-0.25, -0.2) is 4.98 Å². The Hall–Kier alpha value is -3.13. The first kappa shape index (κ1) is 21.1. The van der Waals surface area contributed by atoms with E-state index in [9.17, 15) is 9.90 Å². The van der Waals surface area contributed by atoms with Gasteiger partial charge in [-0.05, 0) is 90.0 Å². The first-order chi connectivity index (χ1) is 14.9. The van der Waals surface area contributed by atoms with Gasteiger partial charge in [0.25, 0.3) is 5.56 Å². The van der Waals surface area contributed by atoms with Crippen LogP contribution in [0.2, 0.25) is 0 Å². The number of fused-ring (bicyclic) bond motifs is 1. The number of aryl methyl sites for hydroxylation is 2. The monoisotopic (exact) mass is 524 g/mol. The molecule has 0 aliphatic carbocycles. The zero-order valence-electron chi connectivity index (χ0n) is 17.4. The van der Waals surface area contributed by atoms with E-state index >= 15 is 0 Å². The highest BCUT2D eigenvalue weighted by molar-refractivity contribution is 14.1. The summed E-state index contributed by atoms with van der Waals surface area (Å²) in [7, 11) is 1.51. The molecule has 1 aromatic heterocycles. The molecular formula is C25H21IN2O3. The fraction of sp³-hybridized carbons (Fsp3) is 0.120. The summed E-state index contributed by atoms with van der Waals surface area (Å²) in [4.78, 5) is 18.3. The number of aromatic nitrogens is 2. The molecule has 0 aliphatic heterocycles. The van der Waals surface area contributed by atoms with E-state index in [-0.39, 0.29) is 11.3 Å². The Bertz CT molecular complexity index is 1390. The molecule has 0 amide bonds. The van der Waals surface area contributed by atoms with Crippen molar-refractivity contribution in [1.29, 1.82) is 0 Å². The molecule has 0 unspecified atom stereocenters. The number of hydrogen-bond donors (Lipinski definition) is 1. The summed E-state index contributed by atoms with van der Waals surface area (Å²) in [6.07, 6.45) is 3.66. The molecule has 0 saturated carbocycles. The van der Waals surface area contributed by atoms with E-state index in [4.69, 9.17) is 9.72 Å².